The van der Waals surface area contributed by atoms with E-state index in [0.29, 0.717) is 43.5 Å². The van der Waals surface area contributed by atoms with E-state index in [2.05, 4.69) is 5.32 Å². The lowest BCUT2D eigenvalue weighted by molar-refractivity contribution is 0.0931. The molecule has 6 heteroatoms. The molecule has 0 spiro atoms. The average Bonchev–Trinajstić information content (AvgIpc) is 2.74. The Labute approximate surface area is 165 Å². The number of nitrogens with one attached hydrogen (secondary N) is 1. The van der Waals surface area contributed by atoms with Gasteiger partial charge in [0.05, 0.1) is 6.61 Å². The molecule has 0 saturated carbocycles. The lowest BCUT2D eigenvalue weighted by Gasteiger charge is -2.31. The number of hydrogen-bond acceptors (Lipinski definition) is 4. The van der Waals surface area contributed by atoms with Crippen LogP contribution >= 0.6 is 0 Å². The molecule has 1 heterocycles. The molecule has 0 bridgehead atoms. The minimum Gasteiger partial charge on any atom is -0.494 e. The van der Waals surface area contributed by atoms with Crippen LogP contribution in [0.3, 0.4) is 0 Å². The summed E-state index contributed by atoms with van der Waals surface area (Å²) < 4.78 is 10.8. The highest BCUT2D eigenvalue weighted by molar-refractivity contribution is 5.94. The summed E-state index contributed by atoms with van der Waals surface area (Å²) in [5, 5.41) is 2.99. The van der Waals surface area contributed by atoms with E-state index in [-0.39, 0.29) is 12.0 Å². The van der Waals surface area contributed by atoms with E-state index in [1.807, 2.05) is 25.1 Å². The lowest BCUT2D eigenvalue weighted by Crippen LogP contribution is -2.42. The molecule has 0 aromatic heterocycles. The molecule has 1 saturated heterocycles. The van der Waals surface area contributed by atoms with Crippen molar-refractivity contribution in [3.63, 3.8) is 0 Å². The van der Waals surface area contributed by atoms with Crippen LogP contribution in [-0.4, -0.2) is 43.1 Å². The Kier molecular flexibility index (Phi) is 6.89. The maximum atomic E-state index is 12.3. The van der Waals surface area contributed by atoms with Crippen molar-refractivity contribution in [2.45, 2.75) is 19.8 Å². The Bertz CT molecular complexity index is 769. The van der Waals surface area contributed by atoms with Crippen molar-refractivity contribution >= 4 is 12.0 Å². The van der Waals surface area contributed by atoms with Gasteiger partial charge in [-0.1, -0.05) is 18.2 Å². The molecule has 2 aromatic rings. The first-order valence-corrected chi connectivity index (χ1v) is 9.68. The van der Waals surface area contributed by atoms with E-state index < -0.39 is 0 Å². The maximum absolute atomic E-state index is 12.3. The predicted octanol–water partition coefficient (Wildman–Crippen LogP) is 3.73. The Morgan fingerprint density at radius 3 is 2.32 bits per heavy atom. The van der Waals surface area contributed by atoms with Crippen LogP contribution in [0.5, 0.6) is 11.5 Å². The number of rotatable bonds is 6. The molecule has 1 aliphatic rings. The van der Waals surface area contributed by atoms with Gasteiger partial charge in [-0.15, -0.1) is 0 Å². The third kappa shape index (κ3) is 5.49. The van der Waals surface area contributed by atoms with E-state index in [1.54, 1.807) is 41.3 Å². The first kappa shape index (κ1) is 19.7. The summed E-state index contributed by atoms with van der Waals surface area (Å²) in [6.45, 7) is 4.40. The van der Waals surface area contributed by atoms with Crippen LogP contribution in [0.25, 0.3) is 0 Å². The first-order chi connectivity index (χ1) is 13.7. The van der Waals surface area contributed by atoms with Crippen molar-refractivity contribution in [1.29, 1.82) is 0 Å². The zero-order valence-electron chi connectivity index (χ0n) is 16.1. The van der Waals surface area contributed by atoms with Crippen LogP contribution in [0.4, 0.5) is 4.79 Å². The Morgan fingerprint density at radius 1 is 1.00 bits per heavy atom. The first-order valence-electron chi connectivity index (χ1n) is 9.68. The summed E-state index contributed by atoms with van der Waals surface area (Å²) in [5.41, 5.74) is 0.618. The SMILES string of the molecule is CCOc1ccc(C(=O)NCC2CCN(C(=O)Oc3ccccc3)CC2)cc1. The van der Waals surface area contributed by atoms with Gasteiger partial charge in [-0.05, 0) is 62.1 Å². The molecule has 2 aromatic carbocycles. The number of hydrogen-bond donors (Lipinski definition) is 1. The van der Waals surface area contributed by atoms with Gasteiger partial charge in [0.15, 0.2) is 0 Å². The molecule has 28 heavy (non-hydrogen) atoms. The third-order valence-corrected chi connectivity index (χ3v) is 4.80. The molecule has 0 unspecified atom stereocenters. The maximum Gasteiger partial charge on any atom is 0.415 e. The molecule has 1 fully saturated rings. The predicted molar refractivity (Wildman–Crippen MR) is 107 cm³/mol. The second-order valence-electron chi connectivity index (χ2n) is 6.78. The van der Waals surface area contributed by atoms with Crippen molar-refractivity contribution in [1.82, 2.24) is 10.2 Å². The fourth-order valence-electron chi connectivity index (χ4n) is 3.18. The van der Waals surface area contributed by atoms with E-state index in [0.717, 1.165) is 18.6 Å². The van der Waals surface area contributed by atoms with Crippen molar-refractivity contribution < 1.29 is 19.1 Å². The molecular weight excluding hydrogens is 356 g/mol. The number of likely N-dealkylation sites (tertiary alicyclic amines) is 1. The summed E-state index contributed by atoms with van der Waals surface area (Å²) in [4.78, 5) is 26.2. The van der Waals surface area contributed by atoms with Gasteiger partial charge in [-0.3, -0.25) is 4.79 Å². The van der Waals surface area contributed by atoms with Crippen molar-refractivity contribution in [2.24, 2.45) is 5.92 Å². The minimum atomic E-state index is -0.317. The van der Waals surface area contributed by atoms with Crippen LogP contribution in [0, 0.1) is 5.92 Å². The van der Waals surface area contributed by atoms with Crippen molar-refractivity contribution in [3.8, 4) is 11.5 Å². The monoisotopic (exact) mass is 382 g/mol. The highest BCUT2D eigenvalue weighted by Gasteiger charge is 2.24. The second-order valence-corrected chi connectivity index (χ2v) is 6.78. The number of benzene rings is 2. The van der Waals surface area contributed by atoms with Gasteiger partial charge >= 0.3 is 6.09 Å². The molecule has 148 valence electrons. The van der Waals surface area contributed by atoms with E-state index in [9.17, 15) is 9.59 Å². The average molecular weight is 382 g/mol. The Balaban J connectivity index is 1.40. The zero-order valence-corrected chi connectivity index (χ0v) is 16.1. The number of ether oxygens (including phenoxy) is 2. The van der Waals surface area contributed by atoms with Gasteiger partial charge in [0.2, 0.25) is 0 Å². The number of carbonyl (C=O) groups excluding carboxylic acids is 2. The van der Waals surface area contributed by atoms with Gasteiger partial charge < -0.3 is 19.7 Å². The summed E-state index contributed by atoms with van der Waals surface area (Å²) >= 11 is 0. The number of amides is 2. The number of nitrogens with zero attached hydrogens (tertiary/aromatic N) is 1. The molecule has 1 aliphatic heterocycles. The van der Waals surface area contributed by atoms with Crippen LogP contribution in [0.2, 0.25) is 0 Å². The lowest BCUT2D eigenvalue weighted by atomic mass is 9.97. The highest BCUT2D eigenvalue weighted by atomic mass is 16.6. The topological polar surface area (TPSA) is 67.9 Å². The Hall–Kier alpha value is -3.02. The molecule has 6 nitrogen and oxygen atoms in total. The van der Waals surface area contributed by atoms with Crippen molar-refractivity contribution in [3.05, 3.63) is 60.2 Å². The van der Waals surface area contributed by atoms with E-state index >= 15 is 0 Å². The summed E-state index contributed by atoms with van der Waals surface area (Å²) in [7, 11) is 0. The molecule has 0 aliphatic carbocycles. The van der Waals surface area contributed by atoms with Crippen LogP contribution < -0.4 is 14.8 Å². The fourth-order valence-corrected chi connectivity index (χ4v) is 3.18. The van der Waals surface area contributed by atoms with Crippen LogP contribution in [0.1, 0.15) is 30.1 Å². The molecule has 2 amide bonds. The smallest absolute Gasteiger partial charge is 0.415 e. The highest BCUT2D eigenvalue weighted by Crippen LogP contribution is 2.19. The molecule has 0 radical (unpaired) electrons. The van der Waals surface area contributed by atoms with Gasteiger partial charge in [-0.2, -0.15) is 0 Å². The molecule has 1 N–H and O–H groups in total. The standard InChI is InChI=1S/C22H26N2O4/c1-2-27-19-10-8-18(9-11-19)21(25)23-16-17-12-14-24(15-13-17)22(26)28-20-6-4-3-5-7-20/h3-11,17H,2,12-16H2,1H3,(H,23,25). The number of piperidine rings is 1. The minimum absolute atomic E-state index is 0.0889. The van der Waals surface area contributed by atoms with Crippen LogP contribution in [-0.2, 0) is 0 Å². The molecule has 3 rings (SSSR count). The fraction of sp³-hybridized carbons (Fsp3) is 0.364. The van der Waals surface area contributed by atoms with Gasteiger partial charge in [0.25, 0.3) is 5.91 Å². The van der Waals surface area contributed by atoms with E-state index in [4.69, 9.17) is 9.47 Å². The summed E-state index contributed by atoms with van der Waals surface area (Å²) in [6, 6.07) is 16.2. The van der Waals surface area contributed by atoms with Crippen molar-refractivity contribution in [2.75, 3.05) is 26.2 Å². The largest absolute Gasteiger partial charge is 0.494 e. The second kappa shape index (κ2) is 9.78. The quantitative estimate of drug-likeness (QED) is 0.827. The van der Waals surface area contributed by atoms with Gasteiger partial charge in [0.1, 0.15) is 11.5 Å². The van der Waals surface area contributed by atoms with E-state index in [1.165, 1.54) is 0 Å². The molecular formula is C22H26N2O4. The summed E-state index contributed by atoms with van der Waals surface area (Å²) in [5.74, 6) is 1.58. The summed E-state index contributed by atoms with van der Waals surface area (Å²) in [6.07, 6.45) is 1.36. The van der Waals surface area contributed by atoms with Gasteiger partial charge in [-0.25, -0.2) is 4.79 Å². The normalized spacial score (nSPS) is 14.4. The zero-order chi connectivity index (χ0) is 19.8. The molecule has 0 atom stereocenters. The van der Waals surface area contributed by atoms with Gasteiger partial charge in [0, 0.05) is 25.2 Å². The Morgan fingerprint density at radius 2 is 1.68 bits per heavy atom. The third-order valence-electron chi connectivity index (χ3n) is 4.80. The number of carbonyl (C=O) groups is 2. The number of para-hydroxylation sites is 1. The van der Waals surface area contributed by atoms with Crippen LogP contribution in [0.15, 0.2) is 54.6 Å².